The Balaban J connectivity index is 2.51. The Morgan fingerprint density at radius 2 is 2.06 bits per heavy atom. The van der Waals surface area contributed by atoms with Gasteiger partial charge >= 0.3 is 0 Å². The Kier molecular flexibility index (Phi) is 6.03. The van der Waals surface area contributed by atoms with Gasteiger partial charge in [-0.3, -0.25) is 0 Å². The summed E-state index contributed by atoms with van der Waals surface area (Å²) in [7, 11) is 0. The lowest BCUT2D eigenvalue weighted by molar-refractivity contribution is 0.187. The minimum atomic E-state index is 0.199. The Morgan fingerprint density at radius 3 is 2.62 bits per heavy atom. The molecule has 0 aliphatic rings. The van der Waals surface area contributed by atoms with Crippen molar-refractivity contribution in [1.29, 1.82) is 0 Å². The Bertz CT molecular complexity index is 294. The number of aliphatic hydroxyl groups is 1. The summed E-state index contributed by atoms with van der Waals surface area (Å²) in [4.78, 5) is 2.89. The van der Waals surface area contributed by atoms with Crippen molar-refractivity contribution >= 4 is 11.3 Å². The van der Waals surface area contributed by atoms with E-state index in [1.165, 1.54) is 22.6 Å². The average molecular weight is 241 g/mol. The molecule has 0 bridgehead atoms. The average Bonchev–Trinajstić information content (AvgIpc) is 2.68. The van der Waals surface area contributed by atoms with Crippen LogP contribution >= 0.6 is 11.3 Å². The second kappa shape index (κ2) is 7.05. The van der Waals surface area contributed by atoms with Crippen LogP contribution in [0.15, 0.2) is 12.1 Å². The quantitative estimate of drug-likeness (QED) is 0.770. The molecule has 1 aromatic heterocycles. The van der Waals surface area contributed by atoms with Crippen LogP contribution in [0.5, 0.6) is 0 Å². The SMILES string of the molecule is CCCc1ccc(CC(C)C(CN)CO)s1. The highest BCUT2D eigenvalue weighted by molar-refractivity contribution is 7.11. The highest BCUT2D eigenvalue weighted by Gasteiger charge is 2.16. The molecule has 0 fully saturated rings. The molecule has 0 amide bonds. The molecule has 1 rings (SSSR count). The zero-order chi connectivity index (χ0) is 12.0. The van der Waals surface area contributed by atoms with Gasteiger partial charge in [-0.15, -0.1) is 11.3 Å². The molecule has 0 aliphatic heterocycles. The first-order valence-corrected chi connectivity index (χ1v) is 6.91. The van der Waals surface area contributed by atoms with Crippen LogP contribution in [0.4, 0.5) is 0 Å². The third-order valence-corrected chi connectivity index (χ3v) is 4.25. The second-order valence-corrected chi connectivity index (χ2v) is 5.73. The van der Waals surface area contributed by atoms with E-state index in [9.17, 15) is 5.11 Å². The van der Waals surface area contributed by atoms with Crippen LogP contribution in [0.2, 0.25) is 0 Å². The van der Waals surface area contributed by atoms with Crippen molar-refractivity contribution in [2.75, 3.05) is 13.2 Å². The van der Waals surface area contributed by atoms with Crippen molar-refractivity contribution in [2.24, 2.45) is 17.6 Å². The minimum absolute atomic E-state index is 0.199. The van der Waals surface area contributed by atoms with Gasteiger partial charge in [0.15, 0.2) is 0 Å². The molecule has 92 valence electrons. The molecule has 0 aliphatic carbocycles. The molecule has 0 saturated heterocycles. The van der Waals surface area contributed by atoms with E-state index in [-0.39, 0.29) is 12.5 Å². The third kappa shape index (κ3) is 3.89. The van der Waals surface area contributed by atoms with Crippen molar-refractivity contribution in [3.63, 3.8) is 0 Å². The van der Waals surface area contributed by atoms with Crippen LogP contribution in [0.25, 0.3) is 0 Å². The molecule has 2 atom stereocenters. The first-order chi connectivity index (χ1) is 7.71. The molecule has 0 radical (unpaired) electrons. The van der Waals surface area contributed by atoms with Gasteiger partial charge in [0.25, 0.3) is 0 Å². The first kappa shape index (κ1) is 13.7. The van der Waals surface area contributed by atoms with Crippen LogP contribution in [0, 0.1) is 11.8 Å². The molecule has 3 N–H and O–H groups in total. The number of hydrogen-bond donors (Lipinski definition) is 2. The molecule has 1 aromatic rings. The fourth-order valence-corrected chi connectivity index (χ4v) is 3.14. The number of nitrogens with two attached hydrogens (primary N) is 1. The predicted molar refractivity (Wildman–Crippen MR) is 70.8 cm³/mol. The summed E-state index contributed by atoms with van der Waals surface area (Å²) in [5.74, 6) is 0.694. The fourth-order valence-electron chi connectivity index (χ4n) is 1.88. The van der Waals surface area contributed by atoms with Crippen molar-refractivity contribution < 1.29 is 5.11 Å². The number of rotatable bonds is 7. The largest absolute Gasteiger partial charge is 0.396 e. The Morgan fingerprint density at radius 1 is 1.38 bits per heavy atom. The van der Waals surface area contributed by atoms with Gasteiger partial charge in [-0.1, -0.05) is 20.3 Å². The molecule has 0 saturated carbocycles. The maximum absolute atomic E-state index is 9.19. The van der Waals surface area contributed by atoms with E-state index in [0.717, 1.165) is 6.42 Å². The molecule has 16 heavy (non-hydrogen) atoms. The van der Waals surface area contributed by atoms with E-state index in [1.807, 2.05) is 11.3 Å². The van der Waals surface area contributed by atoms with Gasteiger partial charge in [-0.05, 0) is 43.4 Å². The van der Waals surface area contributed by atoms with Gasteiger partial charge in [0, 0.05) is 16.4 Å². The summed E-state index contributed by atoms with van der Waals surface area (Å²) in [6.45, 7) is 5.15. The van der Waals surface area contributed by atoms with Crippen LogP contribution in [-0.2, 0) is 12.8 Å². The summed E-state index contributed by atoms with van der Waals surface area (Å²) in [5, 5.41) is 9.19. The van der Waals surface area contributed by atoms with Gasteiger partial charge in [0.05, 0.1) is 0 Å². The zero-order valence-electron chi connectivity index (χ0n) is 10.3. The lowest BCUT2D eigenvalue weighted by Crippen LogP contribution is -2.26. The van der Waals surface area contributed by atoms with E-state index in [2.05, 4.69) is 26.0 Å². The third-order valence-electron chi connectivity index (χ3n) is 3.08. The molecule has 2 nitrogen and oxygen atoms in total. The minimum Gasteiger partial charge on any atom is -0.396 e. The van der Waals surface area contributed by atoms with Gasteiger partial charge in [0.2, 0.25) is 0 Å². The van der Waals surface area contributed by atoms with Crippen LogP contribution in [-0.4, -0.2) is 18.3 Å². The topological polar surface area (TPSA) is 46.2 Å². The maximum Gasteiger partial charge on any atom is 0.0474 e. The van der Waals surface area contributed by atoms with Crippen LogP contribution in [0.1, 0.15) is 30.0 Å². The predicted octanol–water partition coefficient (Wildman–Crippen LogP) is 2.45. The van der Waals surface area contributed by atoms with Gasteiger partial charge in [0.1, 0.15) is 0 Å². The van der Waals surface area contributed by atoms with Crippen molar-refractivity contribution in [3.8, 4) is 0 Å². The van der Waals surface area contributed by atoms with E-state index >= 15 is 0 Å². The monoisotopic (exact) mass is 241 g/mol. The maximum atomic E-state index is 9.19. The number of thiophene rings is 1. The first-order valence-electron chi connectivity index (χ1n) is 6.09. The molecular formula is C13H23NOS. The molecule has 1 heterocycles. The van der Waals surface area contributed by atoms with Gasteiger partial charge in [-0.25, -0.2) is 0 Å². The van der Waals surface area contributed by atoms with Crippen molar-refractivity contribution in [2.45, 2.75) is 33.1 Å². The fraction of sp³-hybridized carbons (Fsp3) is 0.692. The highest BCUT2D eigenvalue weighted by atomic mass is 32.1. The van der Waals surface area contributed by atoms with Crippen molar-refractivity contribution in [3.05, 3.63) is 21.9 Å². The molecule has 0 spiro atoms. The van der Waals surface area contributed by atoms with Crippen LogP contribution < -0.4 is 5.73 Å². The summed E-state index contributed by atoms with van der Waals surface area (Å²) in [5.41, 5.74) is 5.63. The van der Waals surface area contributed by atoms with Gasteiger partial charge < -0.3 is 10.8 Å². The lowest BCUT2D eigenvalue weighted by atomic mass is 9.91. The van der Waals surface area contributed by atoms with E-state index in [0.29, 0.717) is 12.5 Å². The van der Waals surface area contributed by atoms with E-state index in [1.54, 1.807) is 0 Å². The standard InChI is InChI=1S/C13H23NOS/c1-3-4-12-5-6-13(16-12)7-10(2)11(8-14)9-15/h5-6,10-11,15H,3-4,7-9,14H2,1-2H3. The summed E-state index contributed by atoms with van der Waals surface area (Å²) >= 11 is 1.90. The molecule has 0 aromatic carbocycles. The summed E-state index contributed by atoms with van der Waals surface area (Å²) in [6, 6.07) is 4.45. The van der Waals surface area contributed by atoms with E-state index in [4.69, 9.17) is 5.73 Å². The Hall–Kier alpha value is -0.380. The summed E-state index contributed by atoms with van der Waals surface area (Å²) in [6.07, 6.45) is 3.42. The molecule has 3 heteroatoms. The second-order valence-electron chi connectivity index (χ2n) is 4.48. The summed E-state index contributed by atoms with van der Waals surface area (Å²) < 4.78 is 0. The number of hydrogen-bond acceptors (Lipinski definition) is 3. The zero-order valence-corrected chi connectivity index (χ0v) is 11.1. The van der Waals surface area contributed by atoms with Crippen molar-refractivity contribution in [1.82, 2.24) is 0 Å². The van der Waals surface area contributed by atoms with E-state index < -0.39 is 0 Å². The normalized spacial score (nSPS) is 15.0. The van der Waals surface area contributed by atoms with Crippen LogP contribution in [0.3, 0.4) is 0 Å². The highest BCUT2D eigenvalue weighted by Crippen LogP contribution is 2.23. The van der Waals surface area contributed by atoms with Gasteiger partial charge in [-0.2, -0.15) is 0 Å². The number of aryl methyl sites for hydroxylation is 1. The molecular weight excluding hydrogens is 218 g/mol. The Labute approximate surface area is 102 Å². The lowest BCUT2D eigenvalue weighted by Gasteiger charge is -2.19. The molecule has 2 unspecified atom stereocenters. The number of aliphatic hydroxyl groups excluding tert-OH is 1. The smallest absolute Gasteiger partial charge is 0.0474 e.